The highest BCUT2D eigenvalue weighted by molar-refractivity contribution is 5.11. The van der Waals surface area contributed by atoms with E-state index in [1.165, 1.54) is 0 Å². The van der Waals surface area contributed by atoms with Gasteiger partial charge in [-0.1, -0.05) is 0 Å². The second-order valence-electron chi connectivity index (χ2n) is 14.6. The van der Waals surface area contributed by atoms with Gasteiger partial charge in [0.25, 0.3) is 0 Å². The molecule has 0 aromatic heterocycles. The third-order valence-corrected chi connectivity index (χ3v) is 11.0. The summed E-state index contributed by atoms with van der Waals surface area (Å²) in [6.07, 6.45) is 8.53. The first-order chi connectivity index (χ1) is 17.0. The lowest BCUT2D eigenvalue weighted by Crippen LogP contribution is -2.54. The number of ether oxygens (including phenoxy) is 5. The van der Waals surface area contributed by atoms with E-state index in [0.29, 0.717) is 0 Å². The van der Waals surface area contributed by atoms with Crippen molar-refractivity contribution in [2.24, 2.45) is 0 Å². The summed E-state index contributed by atoms with van der Waals surface area (Å²) >= 11 is 0. The second kappa shape index (κ2) is 9.12. The van der Waals surface area contributed by atoms with Crippen LogP contribution in [-0.4, -0.2) is 80.4 Å². The number of aliphatic hydroxyl groups excluding tert-OH is 1. The predicted octanol–water partition coefficient (Wildman–Crippen LogP) is 4.83. The van der Waals surface area contributed by atoms with Gasteiger partial charge in [-0.05, 0) is 120 Å². The molecular weight excluding hydrogens is 472 g/mol. The Labute approximate surface area is 223 Å². The molecule has 0 radical (unpaired) electrons. The highest BCUT2D eigenvalue weighted by atomic mass is 16.6. The molecule has 2 unspecified atom stereocenters. The summed E-state index contributed by atoms with van der Waals surface area (Å²) in [5, 5.41) is 20.5. The summed E-state index contributed by atoms with van der Waals surface area (Å²) in [5.41, 5.74) is -2.77. The molecule has 5 rings (SSSR count). The fraction of sp³-hybridized carbons (Fsp3) is 1.00. The summed E-state index contributed by atoms with van der Waals surface area (Å²) in [7, 11) is 0. The molecule has 5 fully saturated rings. The quantitative estimate of drug-likeness (QED) is 0.515. The van der Waals surface area contributed by atoms with Gasteiger partial charge in [-0.25, -0.2) is 0 Å². The van der Waals surface area contributed by atoms with Crippen LogP contribution in [0.1, 0.15) is 120 Å². The van der Waals surface area contributed by atoms with E-state index < -0.39 is 22.9 Å². The maximum atomic E-state index is 10.5. The fourth-order valence-electron chi connectivity index (χ4n) is 7.96. The van der Waals surface area contributed by atoms with Gasteiger partial charge < -0.3 is 33.9 Å². The summed E-state index contributed by atoms with van der Waals surface area (Å²) in [6.45, 7) is 16.4. The van der Waals surface area contributed by atoms with E-state index in [0.717, 1.165) is 64.2 Å². The first-order valence-corrected chi connectivity index (χ1v) is 14.8. The van der Waals surface area contributed by atoms with Gasteiger partial charge in [0.1, 0.15) is 0 Å². The Kier molecular flexibility index (Phi) is 6.96. The molecule has 0 amide bonds. The molecule has 0 aromatic rings. The Bertz CT molecular complexity index is 857. The van der Waals surface area contributed by atoms with E-state index in [2.05, 4.69) is 34.6 Å². The molecule has 11 atom stereocenters. The van der Waals surface area contributed by atoms with Gasteiger partial charge >= 0.3 is 0 Å². The Morgan fingerprint density at radius 1 is 0.676 bits per heavy atom. The lowest BCUT2D eigenvalue weighted by Gasteiger charge is -2.44. The minimum atomic E-state index is -0.857. The highest BCUT2D eigenvalue weighted by Gasteiger charge is 2.62. The molecule has 5 saturated heterocycles. The molecule has 0 saturated carbocycles. The molecule has 0 bridgehead atoms. The van der Waals surface area contributed by atoms with E-state index in [1.54, 1.807) is 0 Å². The molecule has 0 aromatic carbocycles. The lowest BCUT2D eigenvalue weighted by atomic mass is 9.81. The van der Waals surface area contributed by atoms with Crippen molar-refractivity contribution in [1.29, 1.82) is 0 Å². The van der Waals surface area contributed by atoms with Crippen molar-refractivity contribution in [2.45, 2.75) is 190 Å². The molecule has 5 aliphatic heterocycles. The van der Waals surface area contributed by atoms with Crippen molar-refractivity contribution in [3.05, 3.63) is 0 Å². The van der Waals surface area contributed by atoms with Crippen LogP contribution in [0.25, 0.3) is 0 Å². The Morgan fingerprint density at radius 3 is 1.89 bits per heavy atom. The van der Waals surface area contributed by atoms with Gasteiger partial charge in [-0.3, -0.25) is 0 Å². The zero-order chi connectivity index (χ0) is 27.1. The highest BCUT2D eigenvalue weighted by Crippen LogP contribution is 2.55. The van der Waals surface area contributed by atoms with E-state index in [4.69, 9.17) is 23.7 Å². The zero-order valence-electron chi connectivity index (χ0n) is 24.5. The van der Waals surface area contributed by atoms with Crippen LogP contribution in [0.4, 0.5) is 0 Å². The topological polar surface area (TPSA) is 86.6 Å². The van der Waals surface area contributed by atoms with Crippen LogP contribution in [0, 0.1) is 0 Å². The Balaban J connectivity index is 1.21. The molecule has 0 aliphatic carbocycles. The van der Waals surface area contributed by atoms with Gasteiger partial charge in [0.15, 0.2) is 0 Å². The maximum Gasteiger partial charge on any atom is 0.0950 e. The van der Waals surface area contributed by atoms with E-state index in [9.17, 15) is 10.2 Å². The molecule has 37 heavy (non-hydrogen) atoms. The van der Waals surface area contributed by atoms with Crippen LogP contribution in [0.2, 0.25) is 0 Å². The summed E-state index contributed by atoms with van der Waals surface area (Å²) in [4.78, 5) is 0. The third-order valence-electron chi connectivity index (χ3n) is 11.0. The van der Waals surface area contributed by atoms with Crippen molar-refractivity contribution in [2.75, 3.05) is 0 Å². The largest absolute Gasteiger partial charge is 0.391 e. The van der Waals surface area contributed by atoms with E-state index in [1.807, 2.05) is 20.8 Å². The average molecular weight is 525 g/mol. The van der Waals surface area contributed by atoms with Crippen molar-refractivity contribution < 1.29 is 33.9 Å². The molecule has 7 nitrogen and oxygen atoms in total. The smallest absolute Gasteiger partial charge is 0.0950 e. The monoisotopic (exact) mass is 524 g/mol. The van der Waals surface area contributed by atoms with Crippen LogP contribution >= 0.6 is 0 Å². The zero-order valence-corrected chi connectivity index (χ0v) is 24.5. The SMILES string of the molecule is CC(O)[C@H]1CC[C@@](C)([C@H]2CC[C@@](C)([C@H]3CC[C@H]([C@]4(C)CCC(C)([C@]5(C)CC[C@H](C(C)(C)O)O5)O4)O3)O2)O1. The normalized spacial score (nSPS) is 53.8. The maximum absolute atomic E-state index is 10.5. The third kappa shape index (κ3) is 4.83. The minimum absolute atomic E-state index is 0.0202. The van der Waals surface area contributed by atoms with Crippen LogP contribution in [0.3, 0.4) is 0 Å². The first kappa shape index (κ1) is 28.3. The van der Waals surface area contributed by atoms with Gasteiger partial charge in [-0.15, -0.1) is 0 Å². The Morgan fingerprint density at radius 2 is 1.30 bits per heavy atom. The standard InChI is InChI=1S/C30H52O7/c1-19(31)20-11-14-27(5,34-20)24-12-15-26(4,35-24)22-9-10-23(33-22)28(6)17-18-30(8,37-28)29(7)16-13-21(36-29)25(2,3)32/h19-24,31-32H,9-18H2,1-8H3/t19?,20-,21-,22-,23-,24-,26+,27+,28+,29+,30?/m1/s1. The van der Waals surface area contributed by atoms with E-state index in [-0.39, 0.29) is 47.3 Å². The van der Waals surface area contributed by atoms with Crippen molar-refractivity contribution in [1.82, 2.24) is 0 Å². The molecule has 2 N–H and O–H groups in total. The van der Waals surface area contributed by atoms with Gasteiger partial charge in [0, 0.05) is 0 Å². The van der Waals surface area contributed by atoms with Gasteiger partial charge in [0.2, 0.25) is 0 Å². The number of aliphatic hydroxyl groups is 2. The number of hydrogen-bond acceptors (Lipinski definition) is 7. The lowest BCUT2D eigenvalue weighted by molar-refractivity contribution is -0.240. The van der Waals surface area contributed by atoms with Gasteiger partial charge in [-0.2, -0.15) is 0 Å². The molecule has 5 aliphatic rings. The van der Waals surface area contributed by atoms with E-state index >= 15 is 0 Å². The van der Waals surface area contributed by atoms with Crippen molar-refractivity contribution in [3.8, 4) is 0 Å². The molecule has 5 heterocycles. The summed E-state index contributed by atoms with van der Waals surface area (Å²) in [6, 6.07) is 0. The Hall–Kier alpha value is -0.280. The molecule has 0 spiro atoms. The molecule has 7 heteroatoms. The van der Waals surface area contributed by atoms with Gasteiger partial charge in [0.05, 0.1) is 70.2 Å². The summed E-state index contributed by atoms with van der Waals surface area (Å²) in [5.74, 6) is 0. The minimum Gasteiger partial charge on any atom is -0.391 e. The first-order valence-electron chi connectivity index (χ1n) is 14.8. The van der Waals surface area contributed by atoms with Crippen LogP contribution < -0.4 is 0 Å². The van der Waals surface area contributed by atoms with Crippen LogP contribution in [-0.2, 0) is 23.7 Å². The molecular formula is C30H52O7. The predicted molar refractivity (Wildman–Crippen MR) is 141 cm³/mol. The second-order valence-corrected chi connectivity index (χ2v) is 14.6. The average Bonchev–Trinajstić information content (AvgIpc) is 3.59. The van der Waals surface area contributed by atoms with Crippen LogP contribution in [0.15, 0.2) is 0 Å². The fourth-order valence-corrected chi connectivity index (χ4v) is 7.96. The number of rotatable bonds is 6. The van der Waals surface area contributed by atoms with Crippen LogP contribution in [0.5, 0.6) is 0 Å². The summed E-state index contributed by atoms with van der Waals surface area (Å²) < 4.78 is 33.3. The van der Waals surface area contributed by atoms with Crippen molar-refractivity contribution in [3.63, 3.8) is 0 Å². The number of hydrogen-bond donors (Lipinski definition) is 2. The van der Waals surface area contributed by atoms with Crippen molar-refractivity contribution >= 4 is 0 Å². The molecule has 214 valence electrons.